The Labute approximate surface area is 131 Å². The van der Waals surface area contributed by atoms with Crippen LogP contribution in [0.2, 0.25) is 0 Å². The third-order valence-corrected chi connectivity index (χ3v) is 4.01. The molecule has 0 bridgehead atoms. The van der Waals surface area contributed by atoms with Crippen LogP contribution in [0.4, 0.5) is 5.69 Å². The van der Waals surface area contributed by atoms with Gasteiger partial charge in [0.05, 0.1) is 17.1 Å². The number of carbonyl (C=O) groups is 1. The zero-order valence-electron chi connectivity index (χ0n) is 12.4. The van der Waals surface area contributed by atoms with Gasteiger partial charge in [-0.1, -0.05) is 30.3 Å². The number of hydrogen-bond acceptors (Lipinski definition) is 4. The van der Waals surface area contributed by atoms with E-state index >= 15 is 0 Å². The van der Waals surface area contributed by atoms with Gasteiger partial charge < -0.3 is 14.8 Å². The summed E-state index contributed by atoms with van der Waals surface area (Å²) in [7, 11) is 0. The fourth-order valence-corrected chi connectivity index (χ4v) is 2.71. The van der Waals surface area contributed by atoms with Gasteiger partial charge in [-0.2, -0.15) is 0 Å². The van der Waals surface area contributed by atoms with Crippen molar-refractivity contribution in [2.24, 2.45) is 0 Å². The van der Waals surface area contributed by atoms with E-state index < -0.39 is 5.92 Å². The number of nitrogens with zero attached hydrogens (tertiary/aromatic N) is 2. The SMILES string of the molecule is CC(C(=O)Nc1cccc2c1[nH]c1ccccc12)c1conn1. The van der Waals surface area contributed by atoms with Gasteiger partial charge in [-0.05, 0) is 19.1 Å². The number of fused-ring (bicyclic) bond motifs is 3. The highest BCUT2D eigenvalue weighted by molar-refractivity contribution is 6.13. The van der Waals surface area contributed by atoms with Crippen molar-refractivity contribution in [3.05, 3.63) is 54.4 Å². The number of rotatable bonds is 3. The molecule has 1 amide bonds. The zero-order chi connectivity index (χ0) is 15.8. The van der Waals surface area contributed by atoms with Gasteiger partial charge in [0.15, 0.2) is 0 Å². The van der Waals surface area contributed by atoms with Gasteiger partial charge >= 0.3 is 0 Å². The van der Waals surface area contributed by atoms with Crippen molar-refractivity contribution in [1.82, 2.24) is 15.4 Å². The van der Waals surface area contributed by atoms with Crippen molar-refractivity contribution in [2.75, 3.05) is 5.32 Å². The highest BCUT2D eigenvalue weighted by Crippen LogP contribution is 2.30. The minimum Gasteiger partial charge on any atom is -0.353 e. The largest absolute Gasteiger partial charge is 0.353 e. The van der Waals surface area contributed by atoms with Crippen LogP contribution in [0.15, 0.2) is 53.3 Å². The molecule has 0 spiro atoms. The molecule has 4 rings (SSSR count). The van der Waals surface area contributed by atoms with Gasteiger partial charge in [0.1, 0.15) is 12.0 Å². The number of benzene rings is 2. The standard InChI is InChI=1S/C17H14N4O2/c1-10(15-9-23-21-20-15)17(22)19-14-8-4-6-12-11-5-2-3-7-13(11)18-16(12)14/h2-10,18H,1H3,(H,19,22). The van der Waals surface area contributed by atoms with E-state index in [2.05, 4.69) is 26.7 Å². The molecule has 0 aliphatic carbocycles. The maximum atomic E-state index is 12.4. The maximum Gasteiger partial charge on any atom is 0.233 e. The lowest BCUT2D eigenvalue weighted by molar-refractivity contribution is -0.117. The molecule has 2 N–H and O–H groups in total. The average Bonchev–Trinajstić information content (AvgIpc) is 3.22. The van der Waals surface area contributed by atoms with E-state index in [0.717, 1.165) is 27.5 Å². The molecule has 114 valence electrons. The van der Waals surface area contributed by atoms with Gasteiger partial charge in [-0.25, -0.2) is 0 Å². The van der Waals surface area contributed by atoms with Crippen LogP contribution in [0.3, 0.4) is 0 Å². The molecule has 0 aliphatic rings. The van der Waals surface area contributed by atoms with E-state index in [1.54, 1.807) is 6.92 Å². The molecular weight excluding hydrogens is 292 g/mol. The van der Waals surface area contributed by atoms with Gasteiger partial charge in [0, 0.05) is 21.6 Å². The number of anilines is 1. The van der Waals surface area contributed by atoms with Crippen LogP contribution in [0.5, 0.6) is 0 Å². The van der Waals surface area contributed by atoms with E-state index in [-0.39, 0.29) is 5.91 Å². The number of hydrogen-bond donors (Lipinski definition) is 2. The number of nitrogens with one attached hydrogen (secondary N) is 2. The van der Waals surface area contributed by atoms with Crippen molar-refractivity contribution in [3.63, 3.8) is 0 Å². The average molecular weight is 306 g/mol. The van der Waals surface area contributed by atoms with E-state index in [9.17, 15) is 4.79 Å². The summed E-state index contributed by atoms with van der Waals surface area (Å²) in [6.45, 7) is 1.76. The predicted octanol–water partition coefficient (Wildman–Crippen LogP) is 3.45. The van der Waals surface area contributed by atoms with Crippen LogP contribution >= 0.6 is 0 Å². The first-order valence-electron chi connectivity index (χ1n) is 7.31. The fourth-order valence-electron chi connectivity index (χ4n) is 2.71. The molecule has 2 heterocycles. The van der Waals surface area contributed by atoms with Crippen LogP contribution in [0.25, 0.3) is 21.8 Å². The van der Waals surface area contributed by atoms with Crippen molar-refractivity contribution < 1.29 is 9.32 Å². The summed E-state index contributed by atoms with van der Waals surface area (Å²) in [5.74, 6) is -0.604. The normalized spacial score (nSPS) is 12.6. The molecule has 1 atom stereocenters. The van der Waals surface area contributed by atoms with Crippen molar-refractivity contribution in [2.45, 2.75) is 12.8 Å². The molecule has 1 unspecified atom stereocenters. The molecule has 0 saturated heterocycles. The Balaban J connectivity index is 1.73. The molecule has 0 aliphatic heterocycles. The third kappa shape index (κ3) is 2.24. The maximum absolute atomic E-state index is 12.4. The van der Waals surface area contributed by atoms with Crippen LogP contribution in [0.1, 0.15) is 18.5 Å². The van der Waals surface area contributed by atoms with Gasteiger partial charge in [0.25, 0.3) is 0 Å². The summed E-state index contributed by atoms with van der Waals surface area (Å²) in [4.78, 5) is 15.8. The first-order chi connectivity index (χ1) is 11.2. The number of amides is 1. The second-order valence-corrected chi connectivity index (χ2v) is 5.44. The molecule has 2 aromatic heterocycles. The number of para-hydroxylation sites is 2. The highest BCUT2D eigenvalue weighted by atomic mass is 16.5. The summed E-state index contributed by atoms with van der Waals surface area (Å²) < 4.78 is 4.70. The van der Waals surface area contributed by atoms with Gasteiger partial charge in [0.2, 0.25) is 5.91 Å². The Kier molecular flexibility index (Phi) is 3.08. The lowest BCUT2D eigenvalue weighted by Gasteiger charge is -2.10. The summed E-state index contributed by atoms with van der Waals surface area (Å²) >= 11 is 0. The zero-order valence-corrected chi connectivity index (χ0v) is 12.4. The van der Waals surface area contributed by atoms with Crippen molar-refractivity contribution in [3.8, 4) is 0 Å². The quantitative estimate of drug-likeness (QED) is 0.607. The number of aromatic nitrogens is 3. The minimum absolute atomic E-state index is 0.160. The van der Waals surface area contributed by atoms with Crippen molar-refractivity contribution in [1.29, 1.82) is 0 Å². The molecular formula is C17H14N4O2. The second kappa shape index (κ2) is 5.24. The number of carbonyl (C=O) groups excluding carboxylic acids is 1. The summed E-state index contributed by atoms with van der Waals surface area (Å²) in [6, 6.07) is 13.9. The Morgan fingerprint density at radius 1 is 1.17 bits per heavy atom. The lowest BCUT2D eigenvalue weighted by Crippen LogP contribution is -2.19. The molecule has 0 fully saturated rings. The molecule has 2 aromatic carbocycles. The summed E-state index contributed by atoms with van der Waals surface area (Å²) in [5.41, 5.74) is 3.20. The lowest BCUT2D eigenvalue weighted by atomic mass is 10.1. The monoisotopic (exact) mass is 306 g/mol. The summed E-state index contributed by atoms with van der Waals surface area (Å²) in [5, 5.41) is 12.4. The number of H-pyrrole nitrogens is 1. The molecule has 6 nitrogen and oxygen atoms in total. The Morgan fingerprint density at radius 3 is 2.83 bits per heavy atom. The fraction of sp³-hybridized carbons (Fsp3) is 0.118. The van der Waals surface area contributed by atoms with E-state index in [1.165, 1.54) is 6.26 Å². The topological polar surface area (TPSA) is 83.8 Å². The molecule has 0 radical (unpaired) electrons. The Hall–Kier alpha value is -3.15. The van der Waals surface area contributed by atoms with Gasteiger partial charge in [-0.15, -0.1) is 5.10 Å². The first-order valence-corrected chi connectivity index (χ1v) is 7.31. The Bertz CT molecular complexity index is 988. The van der Waals surface area contributed by atoms with Gasteiger partial charge in [-0.3, -0.25) is 4.79 Å². The van der Waals surface area contributed by atoms with Crippen LogP contribution < -0.4 is 5.32 Å². The smallest absolute Gasteiger partial charge is 0.233 e. The second-order valence-electron chi connectivity index (χ2n) is 5.44. The minimum atomic E-state index is -0.444. The number of aromatic amines is 1. The molecule has 4 aromatic rings. The van der Waals surface area contributed by atoms with E-state index in [0.29, 0.717) is 5.69 Å². The molecule has 23 heavy (non-hydrogen) atoms. The Morgan fingerprint density at radius 2 is 2.00 bits per heavy atom. The molecule has 6 heteroatoms. The summed E-state index contributed by atoms with van der Waals surface area (Å²) in [6.07, 6.45) is 1.38. The van der Waals surface area contributed by atoms with Crippen molar-refractivity contribution >= 4 is 33.4 Å². The van der Waals surface area contributed by atoms with Crippen LogP contribution in [-0.2, 0) is 4.79 Å². The highest BCUT2D eigenvalue weighted by Gasteiger charge is 2.20. The molecule has 0 saturated carbocycles. The first kappa shape index (κ1) is 13.5. The van der Waals surface area contributed by atoms with E-state index in [1.807, 2.05) is 36.4 Å². The van der Waals surface area contributed by atoms with E-state index in [4.69, 9.17) is 4.52 Å². The third-order valence-electron chi connectivity index (χ3n) is 4.01. The predicted molar refractivity (Wildman–Crippen MR) is 87.1 cm³/mol. The van der Waals surface area contributed by atoms with Crippen LogP contribution in [0, 0.1) is 0 Å². The van der Waals surface area contributed by atoms with Crippen LogP contribution in [-0.4, -0.2) is 21.3 Å².